The highest BCUT2D eigenvalue weighted by atomic mass is 16.5. The highest BCUT2D eigenvalue weighted by Gasteiger charge is 2.10. The topological polar surface area (TPSA) is 35.5 Å². The number of benzene rings is 3. The van der Waals surface area contributed by atoms with Gasteiger partial charge in [-0.25, -0.2) is 0 Å². The van der Waals surface area contributed by atoms with Gasteiger partial charge in [-0.2, -0.15) is 0 Å². The summed E-state index contributed by atoms with van der Waals surface area (Å²) in [6.07, 6.45) is 1.68. The van der Waals surface area contributed by atoms with Crippen LogP contribution in [-0.2, 0) is 0 Å². The molecule has 0 atom stereocenters. The SMILES string of the molecule is COc1ccc(C(=CC(=O)c2ccccc2)c2ccc(OC)cc2)cc1. The molecule has 0 fully saturated rings. The van der Waals surface area contributed by atoms with Gasteiger partial charge in [-0.05, 0) is 47.0 Å². The van der Waals surface area contributed by atoms with Gasteiger partial charge in [0.25, 0.3) is 0 Å². The van der Waals surface area contributed by atoms with Crippen molar-refractivity contribution < 1.29 is 14.3 Å². The molecule has 0 bridgehead atoms. The fraction of sp³-hybridized carbons (Fsp3) is 0.0870. The standard InChI is InChI=1S/C23H20O3/c1-25-20-12-8-17(9-13-20)22(18-10-14-21(26-2)15-11-18)16-23(24)19-6-4-3-5-7-19/h3-16H,1-2H3. The molecule has 0 saturated heterocycles. The maximum Gasteiger partial charge on any atom is 0.186 e. The average molecular weight is 344 g/mol. The third-order valence-electron chi connectivity index (χ3n) is 4.14. The number of ether oxygens (including phenoxy) is 2. The van der Waals surface area contributed by atoms with Gasteiger partial charge in [-0.3, -0.25) is 4.79 Å². The molecular weight excluding hydrogens is 324 g/mol. The van der Waals surface area contributed by atoms with Crippen LogP contribution in [0.5, 0.6) is 11.5 Å². The van der Waals surface area contributed by atoms with Gasteiger partial charge in [0.2, 0.25) is 0 Å². The lowest BCUT2D eigenvalue weighted by molar-refractivity contribution is 0.104. The van der Waals surface area contributed by atoms with E-state index >= 15 is 0 Å². The quantitative estimate of drug-likeness (QED) is 0.465. The van der Waals surface area contributed by atoms with Crippen molar-refractivity contribution in [2.45, 2.75) is 0 Å². The van der Waals surface area contributed by atoms with E-state index in [4.69, 9.17) is 9.47 Å². The average Bonchev–Trinajstić information content (AvgIpc) is 2.73. The summed E-state index contributed by atoms with van der Waals surface area (Å²) in [5.41, 5.74) is 3.40. The molecule has 0 heterocycles. The number of carbonyl (C=O) groups excluding carboxylic acids is 1. The first-order chi connectivity index (χ1) is 12.7. The van der Waals surface area contributed by atoms with E-state index in [9.17, 15) is 4.79 Å². The molecule has 3 heteroatoms. The van der Waals surface area contributed by atoms with Crippen molar-refractivity contribution >= 4 is 11.4 Å². The van der Waals surface area contributed by atoms with Gasteiger partial charge in [-0.15, -0.1) is 0 Å². The van der Waals surface area contributed by atoms with Crippen LogP contribution in [0.1, 0.15) is 21.5 Å². The third-order valence-corrected chi connectivity index (χ3v) is 4.14. The number of hydrogen-bond donors (Lipinski definition) is 0. The summed E-state index contributed by atoms with van der Waals surface area (Å²) in [6, 6.07) is 24.6. The van der Waals surface area contributed by atoms with Crippen LogP contribution in [0.2, 0.25) is 0 Å². The summed E-state index contributed by atoms with van der Waals surface area (Å²) < 4.78 is 10.5. The van der Waals surface area contributed by atoms with Crippen molar-refractivity contribution in [1.29, 1.82) is 0 Å². The first kappa shape index (κ1) is 17.5. The van der Waals surface area contributed by atoms with Crippen molar-refractivity contribution in [2.24, 2.45) is 0 Å². The molecule has 0 aromatic heterocycles. The second-order valence-corrected chi connectivity index (χ2v) is 5.75. The summed E-state index contributed by atoms with van der Waals surface area (Å²) in [6.45, 7) is 0. The second kappa shape index (κ2) is 8.17. The van der Waals surface area contributed by atoms with Crippen molar-refractivity contribution in [3.63, 3.8) is 0 Å². The Morgan fingerprint density at radius 2 is 1.12 bits per heavy atom. The Morgan fingerprint density at radius 3 is 1.54 bits per heavy atom. The molecule has 0 aliphatic rings. The van der Waals surface area contributed by atoms with E-state index in [0.29, 0.717) is 5.56 Å². The molecule has 130 valence electrons. The molecule has 3 aromatic rings. The lowest BCUT2D eigenvalue weighted by Gasteiger charge is -2.10. The maximum atomic E-state index is 12.7. The van der Waals surface area contributed by atoms with E-state index in [0.717, 1.165) is 28.2 Å². The van der Waals surface area contributed by atoms with Crippen LogP contribution in [0, 0.1) is 0 Å². The smallest absolute Gasteiger partial charge is 0.186 e. The zero-order valence-electron chi connectivity index (χ0n) is 14.8. The molecule has 0 aliphatic carbocycles. The second-order valence-electron chi connectivity index (χ2n) is 5.75. The first-order valence-electron chi connectivity index (χ1n) is 8.31. The first-order valence-corrected chi connectivity index (χ1v) is 8.31. The van der Waals surface area contributed by atoms with Gasteiger partial charge in [0, 0.05) is 5.56 Å². The highest BCUT2D eigenvalue weighted by molar-refractivity contribution is 6.10. The molecular formula is C23H20O3. The molecule has 3 nitrogen and oxygen atoms in total. The van der Waals surface area contributed by atoms with Crippen LogP contribution in [0.15, 0.2) is 84.9 Å². The molecule has 0 amide bonds. The number of allylic oxidation sites excluding steroid dienone is 1. The molecule has 0 N–H and O–H groups in total. The highest BCUT2D eigenvalue weighted by Crippen LogP contribution is 2.27. The molecule has 3 rings (SSSR count). The Labute approximate surface area is 153 Å². The minimum atomic E-state index is -0.0350. The number of methoxy groups -OCH3 is 2. The van der Waals surface area contributed by atoms with Gasteiger partial charge < -0.3 is 9.47 Å². The zero-order valence-corrected chi connectivity index (χ0v) is 14.8. The van der Waals surface area contributed by atoms with Gasteiger partial charge in [0.05, 0.1) is 14.2 Å². The Kier molecular flexibility index (Phi) is 5.49. The predicted octanol–water partition coefficient (Wildman–Crippen LogP) is 5.02. The van der Waals surface area contributed by atoms with Gasteiger partial charge >= 0.3 is 0 Å². The minimum Gasteiger partial charge on any atom is -0.497 e. The summed E-state index contributed by atoms with van der Waals surface area (Å²) >= 11 is 0. The van der Waals surface area contributed by atoms with Crippen LogP contribution in [0.3, 0.4) is 0 Å². The molecule has 26 heavy (non-hydrogen) atoms. The Bertz CT molecular complexity index is 843. The van der Waals surface area contributed by atoms with Crippen LogP contribution in [0.4, 0.5) is 0 Å². The minimum absolute atomic E-state index is 0.0350. The van der Waals surface area contributed by atoms with E-state index in [1.54, 1.807) is 20.3 Å². The fourth-order valence-electron chi connectivity index (χ4n) is 2.69. The fourth-order valence-corrected chi connectivity index (χ4v) is 2.69. The number of rotatable bonds is 6. The predicted molar refractivity (Wildman–Crippen MR) is 104 cm³/mol. The van der Waals surface area contributed by atoms with Gasteiger partial charge in [0.15, 0.2) is 5.78 Å². The van der Waals surface area contributed by atoms with Crippen molar-refractivity contribution in [2.75, 3.05) is 14.2 Å². The van der Waals surface area contributed by atoms with Crippen LogP contribution < -0.4 is 9.47 Å². The van der Waals surface area contributed by atoms with Gasteiger partial charge in [0.1, 0.15) is 11.5 Å². The number of carbonyl (C=O) groups is 1. The lowest BCUT2D eigenvalue weighted by Crippen LogP contribution is -1.98. The molecule has 0 unspecified atom stereocenters. The van der Waals surface area contributed by atoms with Crippen molar-refractivity contribution in [3.05, 3.63) is 102 Å². The van der Waals surface area contributed by atoms with E-state index in [1.165, 1.54) is 0 Å². The maximum absolute atomic E-state index is 12.7. The van der Waals surface area contributed by atoms with Crippen LogP contribution >= 0.6 is 0 Å². The van der Waals surface area contributed by atoms with E-state index in [1.807, 2.05) is 78.9 Å². The Morgan fingerprint density at radius 1 is 0.654 bits per heavy atom. The molecule has 3 aromatic carbocycles. The zero-order chi connectivity index (χ0) is 18.4. The molecule has 0 aliphatic heterocycles. The van der Waals surface area contributed by atoms with E-state index < -0.39 is 0 Å². The normalized spacial score (nSPS) is 10.1. The molecule has 0 radical (unpaired) electrons. The summed E-state index contributed by atoms with van der Waals surface area (Å²) in [7, 11) is 3.27. The monoisotopic (exact) mass is 344 g/mol. The summed E-state index contributed by atoms with van der Waals surface area (Å²) in [5.74, 6) is 1.52. The summed E-state index contributed by atoms with van der Waals surface area (Å²) in [4.78, 5) is 12.7. The Balaban J connectivity index is 2.05. The van der Waals surface area contributed by atoms with Crippen LogP contribution in [-0.4, -0.2) is 20.0 Å². The Hall–Kier alpha value is -3.33. The molecule has 0 saturated carbocycles. The van der Waals surface area contributed by atoms with Crippen molar-refractivity contribution in [1.82, 2.24) is 0 Å². The largest absolute Gasteiger partial charge is 0.497 e. The van der Waals surface area contributed by atoms with E-state index in [-0.39, 0.29) is 5.78 Å². The third kappa shape index (κ3) is 4.01. The lowest BCUT2D eigenvalue weighted by atomic mass is 9.95. The molecule has 0 spiro atoms. The number of ketones is 1. The van der Waals surface area contributed by atoms with Crippen molar-refractivity contribution in [3.8, 4) is 11.5 Å². The van der Waals surface area contributed by atoms with E-state index in [2.05, 4.69) is 0 Å². The number of hydrogen-bond acceptors (Lipinski definition) is 3. The summed E-state index contributed by atoms with van der Waals surface area (Å²) in [5, 5.41) is 0. The van der Waals surface area contributed by atoms with Crippen LogP contribution in [0.25, 0.3) is 5.57 Å². The van der Waals surface area contributed by atoms with Gasteiger partial charge in [-0.1, -0.05) is 54.6 Å².